The van der Waals surface area contributed by atoms with Crippen molar-refractivity contribution >= 4 is 23.5 Å². The lowest BCUT2D eigenvalue weighted by molar-refractivity contribution is -0.159. The number of rotatable bonds is 7. The maximum absolute atomic E-state index is 12.6. The van der Waals surface area contributed by atoms with E-state index in [1.165, 1.54) is 0 Å². The number of nitrogens with one attached hydrogen (secondary N) is 1. The Hall–Kier alpha value is -2.37. The molecule has 1 heterocycles. The first kappa shape index (κ1) is 21.9. The van der Waals surface area contributed by atoms with Crippen LogP contribution in [0.2, 0.25) is 0 Å². The lowest BCUT2D eigenvalue weighted by atomic mass is 9.97. The van der Waals surface area contributed by atoms with Gasteiger partial charge in [0.25, 0.3) is 5.91 Å². The SMILES string of the molecule is CCC(=O)N1CCCC(C(=O)OC(C)C(=O)Nc2ccccc2C(C)CC)C1. The van der Waals surface area contributed by atoms with Crippen molar-refractivity contribution in [3.05, 3.63) is 29.8 Å². The Labute approximate surface area is 167 Å². The van der Waals surface area contributed by atoms with Crippen LogP contribution in [0.3, 0.4) is 0 Å². The van der Waals surface area contributed by atoms with Gasteiger partial charge < -0.3 is 15.0 Å². The Kier molecular flexibility index (Phi) is 8.03. The van der Waals surface area contributed by atoms with Crippen molar-refractivity contribution < 1.29 is 19.1 Å². The molecule has 3 unspecified atom stereocenters. The summed E-state index contributed by atoms with van der Waals surface area (Å²) >= 11 is 0. The molecule has 28 heavy (non-hydrogen) atoms. The summed E-state index contributed by atoms with van der Waals surface area (Å²) in [6.07, 6.45) is 1.95. The fraction of sp³-hybridized carbons (Fsp3) is 0.591. The van der Waals surface area contributed by atoms with Gasteiger partial charge in [0.1, 0.15) is 0 Å². The van der Waals surface area contributed by atoms with Gasteiger partial charge in [0.05, 0.1) is 5.92 Å². The highest BCUT2D eigenvalue weighted by Gasteiger charge is 2.31. The Morgan fingerprint density at radius 2 is 1.93 bits per heavy atom. The highest BCUT2D eigenvalue weighted by Crippen LogP contribution is 2.27. The maximum atomic E-state index is 12.6. The lowest BCUT2D eigenvalue weighted by Crippen LogP contribution is -2.43. The van der Waals surface area contributed by atoms with Gasteiger partial charge in [0.15, 0.2) is 6.10 Å². The third-order valence-electron chi connectivity index (χ3n) is 5.43. The first-order chi connectivity index (χ1) is 13.4. The van der Waals surface area contributed by atoms with Crippen LogP contribution in [0.4, 0.5) is 5.69 Å². The summed E-state index contributed by atoms with van der Waals surface area (Å²) in [6, 6.07) is 7.69. The quantitative estimate of drug-likeness (QED) is 0.723. The second-order valence-corrected chi connectivity index (χ2v) is 7.50. The van der Waals surface area contributed by atoms with Crippen LogP contribution in [0.15, 0.2) is 24.3 Å². The van der Waals surface area contributed by atoms with Gasteiger partial charge in [-0.05, 0) is 43.7 Å². The Morgan fingerprint density at radius 1 is 1.21 bits per heavy atom. The predicted molar refractivity (Wildman–Crippen MR) is 109 cm³/mol. The predicted octanol–water partition coefficient (Wildman–Crippen LogP) is 3.72. The van der Waals surface area contributed by atoms with Crippen LogP contribution in [0.5, 0.6) is 0 Å². The number of piperidine rings is 1. The van der Waals surface area contributed by atoms with Crippen molar-refractivity contribution in [3.8, 4) is 0 Å². The lowest BCUT2D eigenvalue weighted by Gasteiger charge is -2.31. The molecule has 2 rings (SSSR count). The fourth-order valence-corrected chi connectivity index (χ4v) is 3.44. The third kappa shape index (κ3) is 5.57. The number of amides is 2. The number of carbonyl (C=O) groups is 3. The standard InChI is InChI=1S/C22H32N2O4/c1-5-15(3)18-11-7-8-12-19(18)23-21(26)16(4)28-22(27)17-10-9-13-24(14-17)20(25)6-2/h7-8,11-12,15-17H,5-6,9-10,13-14H2,1-4H3,(H,23,26). The number of likely N-dealkylation sites (tertiary alicyclic amines) is 1. The molecule has 1 N–H and O–H groups in total. The van der Waals surface area contributed by atoms with Crippen molar-refractivity contribution in [3.63, 3.8) is 0 Å². The monoisotopic (exact) mass is 388 g/mol. The van der Waals surface area contributed by atoms with E-state index in [2.05, 4.69) is 19.2 Å². The number of hydrogen-bond donors (Lipinski definition) is 1. The van der Waals surface area contributed by atoms with Crippen molar-refractivity contribution in [2.75, 3.05) is 18.4 Å². The molecule has 0 bridgehead atoms. The molecule has 0 aromatic heterocycles. The van der Waals surface area contributed by atoms with E-state index < -0.39 is 12.1 Å². The largest absolute Gasteiger partial charge is 0.452 e. The second-order valence-electron chi connectivity index (χ2n) is 7.50. The van der Waals surface area contributed by atoms with Gasteiger partial charge in [-0.2, -0.15) is 0 Å². The average Bonchev–Trinajstić information content (AvgIpc) is 2.72. The minimum atomic E-state index is -0.894. The molecule has 1 saturated heterocycles. The Morgan fingerprint density at radius 3 is 2.61 bits per heavy atom. The molecule has 6 heteroatoms. The van der Waals surface area contributed by atoms with Crippen molar-refractivity contribution in [2.24, 2.45) is 5.92 Å². The molecule has 0 radical (unpaired) electrons. The molecule has 154 valence electrons. The second kappa shape index (κ2) is 10.2. The molecule has 0 saturated carbocycles. The van der Waals surface area contributed by atoms with E-state index in [1.54, 1.807) is 11.8 Å². The molecule has 2 amide bonds. The molecule has 6 nitrogen and oxygen atoms in total. The van der Waals surface area contributed by atoms with Crippen molar-refractivity contribution in [2.45, 2.75) is 65.4 Å². The number of benzene rings is 1. The highest BCUT2D eigenvalue weighted by atomic mass is 16.5. The zero-order valence-corrected chi connectivity index (χ0v) is 17.4. The van der Waals surface area contributed by atoms with Gasteiger partial charge in [-0.1, -0.05) is 39.0 Å². The first-order valence-corrected chi connectivity index (χ1v) is 10.2. The molecule has 0 aliphatic carbocycles. The van der Waals surface area contributed by atoms with Crippen molar-refractivity contribution in [1.82, 2.24) is 4.90 Å². The van der Waals surface area contributed by atoms with E-state index in [1.807, 2.05) is 31.2 Å². The minimum absolute atomic E-state index is 0.0462. The normalized spacial score (nSPS) is 18.9. The van der Waals surface area contributed by atoms with E-state index >= 15 is 0 Å². The van der Waals surface area contributed by atoms with E-state index in [0.29, 0.717) is 31.8 Å². The molecule has 0 spiro atoms. The van der Waals surface area contributed by atoms with E-state index in [0.717, 1.165) is 24.1 Å². The van der Waals surface area contributed by atoms with Crippen LogP contribution in [-0.2, 0) is 19.1 Å². The summed E-state index contributed by atoms with van der Waals surface area (Å²) in [4.78, 5) is 38.7. The van der Waals surface area contributed by atoms with Crippen LogP contribution in [-0.4, -0.2) is 41.9 Å². The summed E-state index contributed by atoms with van der Waals surface area (Å²) in [5.74, 6) is -0.761. The zero-order chi connectivity index (χ0) is 20.7. The van der Waals surface area contributed by atoms with E-state index in [9.17, 15) is 14.4 Å². The molecular weight excluding hydrogens is 356 g/mol. The Balaban J connectivity index is 1.95. The average molecular weight is 389 g/mol. The summed E-state index contributed by atoms with van der Waals surface area (Å²) in [7, 11) is 0. The molecule has 1 aliphatic rings. The number of para-hydroxylation sites is 1. The number of anilines is 1. The summed E-state index contributed by atoms with van der Waals surface area (Å²) in [5, 5.41) is 2.89. The molecule has 3 atom stereocenters. The minimum Gasteiger partial charge on any atom is -0.452 e. The highest BCUT2D eigenvalue weighted by molar-refractivity contribution is 5.96. The van der Waals surface area contributed by atoms with E-state index in [-0.39, 0.29) is 17.7 Å². The van der Waals surface area contributed by atoms with E-state index in [4.69, 9.17) is 4.74 Å². The third-order valence-corrected chi connectivity index (χ3v) is 5.43. The first-order valence-electron chi connectivity index (χ1n) is 10.2. The number of hydrogen-bond acceptors (Lipinski definition) is 4. The molecule has 1 aromatic rings. The van der Waals surface area contributed by atoms with Gasteiger partial charge in [-0.25, -0.2) is 0 Å². The zero-order valence-electron chi connectivity index (χ0n) is 17.4. The topological polar surface area (TPSA) is 75.7 Å². The Bertz CT molecular complexity index is 704. The fourth-order valence-electron chi connectivity index (χ4n) is 3.44. The van der Waals surface area contributed by atoms with Crippen LogP contribution in [0, 0.1) is 5.92 Å². The van der Waals surface area contributed by atoms with Gasteiger partial charge >= 0.3 is 5.97 Å². The number of esters is 1. The maximum Gasteiger partial charge on any atom is 0.311 e. The van der Waals surface area contributed by atoms with Gasteiger partial charge in [0, 0.05) is 25.2 Å². The summed E-state index contributed by atoms with van der Waals surface area (Å²) < 4.78 is 5.42. The van der Waals surface area contributed by atoms with Gasteiger partial charge in [-0.3, -0.25) is 14.4 Å². The van der Waals surface area contributed by atoms with Crippen LogP contribution in [0.1, 0.15) is 64.9 Å². The number of carbonyl (C=O) groups excluding carboxylic acids is 3. The van der Waals surface area contributed by atoms with Crippen LogP contribution < -0.4 is 5.32 Å². The van der Waals surface area contributed by atoms with Crippen LogP contribution in [0.25, 0.3) is 0 Å². The smallest absolute Gasteiger partial charge is 0.311 e. The van der Waals surface area contributed by atoms with Crippen LogP contribution >= 0.6 is 0 Å². The van der Waals surface area contributed by atoms with Crippen molar-refractivity contribution in [1.29, 1.82) is 0 Å². The molecule has 1 aromatic carbocycles. The number of ether oxygens (including phenoxy) is 1. The molecule has 1 fully saturated rings. The van der Waals surface area contributed by atoms with Gasteiger partial charge in [0.2, 0.25) is 5.91 Å². The van der Waals surface area contributed by atoms with Gasteiger partial charge in [-0.15, -0.1) is 0 Å². The summed E-state index contributed by atoms with van der Waals surface area (Å²) in [5.41, 5.74) is 1.82. The summed E-state index contributed by atoms with van der Waals surface area (Å²) in [6.45, 7) is 8.66. The molecular formula is C22H32N2O4. The number of nitrogens with zero attached hydrogens (tertiary/aromatic N) is 1. The molecule has 1 aliphatic heterocycles.